The van der Waals surface area contributed by atoms with E-state index in [1.807, 2.05) is 37.6 Å². The lowest BCUT2D eigenvalue weighted by Gasteiger charge is -2.14. The molecule has 1 atom stereocenters. The molecule has 1 aromatic rings. The predicted molar refractivity (Wildman–Crippen MR) is 80.3 cm³/mol. The van der Waals surface area contributed by atoms with Gasteiger partial charge in [0.05, 0.1) is 0 Å². The van der Waals surface area contributed by atoms with Crippen LogP contribution in [0.5, 0.6) is 0 Å². The van der Waals surface area contributed by atoms with Crippen molar-refractivity contribution in [1.29, 1.82) is 0 Å². The van der Waals surface area contributed by atoms with Crippen LogP contribution in [0.3, 0.4) is 0 Å². The molecule has 0 aliphatic heterocycles. The molecule has 0 spiro atoms. The van der Waals surface area contributed by atoms with Gasteiger partial charge in [0.15, 0.2) is 0 Å². The van der Waals surface area contributed by atoms with E-state index in [4.69, 9.17) is 5.73 Å². The number of aromatic nitrogens is 1. The molecule has 1 rings (SSSR count). The minimum atomic E-state index is -0.0512. The smallest absolute Gasteiger partial charge is 0.267 e. The fraction of sp³-hybridized carbons (Fsp3) is 0.583. The van der Waals surface area contributed by atoms with Crippen molar-refractivity contribution in [2.75, 3.05) is 13.1 Å². The topological polar surface area (TPSA) is 60.0 Å². The molecule has 1 amide bonds. The SMILES string of the molecule is CC(CN)CNC(=O)c1cc(Br)cn1C(C)C.Cl. The van der Waals surface area contributed by atoms with Crippen LogP contribution in [-0.4, -0.2) is 23.6 Å². The monoisotopic (exact) mass is 337 g/mol. The quantitative estimate of drug-likeness (QED) is 0.867. The number of carbonyl (C=O) groups excluding carboxylic acids is 1. The number of hydrogen-bond acceptors (Lipinski definition) is 2. The van der Waals surface area contributed by atoms with Crippen molar-refractivity contribution in [1.82, 2.24) is 9.88 Å². The number of nitrogens with zero attached hydrogens (tertiary/aromatic N) is 1. The first-order valence-electron chi connectivity index (χ1n) is 5.81. The molecule has 4 nitrogen and oxygen atoms in total. The molecule has 18 heavy (non-hydrogen) atoms. The Morgan fingerprint density at radius 2 is 2.11 bits per heavy atom. The van der Waals surface area contributed by atoms with E-state index in [2.05, 4.69) is 21.2 Å². The van der Waals surface area contributed by atoms with Crippen molar-refractivity contribution >= 4 is 34.2 Å². The van der Waals surface area contributed by atoms with Gasteiger partial charge in [-0.25, -0.2) is 0 Å². The van der Waals surface area contributed by atoms with E-state index in [0.717, 1.165) is 4.47 Å². The number of halogens is 2. The highest BCUT2D eigenvalue weighted by molar-refractivity contribution is 9.10. The zero-order valence-corrected chi connectivity index (χ0v) is 13.3. The lowest BCUT2D eigenvalue weighted by molar-refractivity contribution is 0.0938. The van der Waals surface area contributed by atoms with E-state index in [0.29, 0.717) is 24.7 Å². The molecule has 1 aromatic heterocycles. The van der Waals surface area contributed by atoms with Crippen LogP contribution in [0, 0.1) is 5.92 Å². The second-order valence-corrected chi connectivity index (χ2v) is 5.51. The molecule has 3 N–H and O–H groups in total. The molecule has 0 aliphatic rings. The van der Waals surface area contributed by atoms with Crippen LogP contribution in [-0.2, 0) is 0 Å². The largest absolute Gasteiger partial charge is 0.350 e. The highest BCUT2D eigenvalue weighted by Gasteiger charge is 2.15. The summed E-state index contributed by atoms with van der Waals surface area (Å²) < 4.78 is 2.87. The van der Waals surface area contributed by atoms with Gasteiger partial charge < -0.3 is 15.6 Å². The van der Waals surface area contributed by atoms with Crippen molar-refractivity contribution in [2.24, 2.45) is 11.7 Å². The van der Waals surface area contributed by atoms with Crippen LogP contribution in [0.15, 0.2) is 16.7 Å². The van der Waals surface area contributed by atoms with Gasteiger partial charge in [-0.15, -0.1) is 12.4 Å². The Morgan fingerprint density at radius 3 is 2.61 bits per heavy atom. The fourth-order valence-electron chi connectivity index (χ4n) is 1.50. The Balaban J connectivity index is 0.00000289. The van der Waals surface area contributed by atoms with Gasteiger partial charge >= 0.3 is 0 Å². The van der Waals surface area contributed by atoms with Gasteiger partial charge in [-0.05, 0) is 48.3 Å². The van der Waals surface area contributed by atoms with Gasteiger partial charge in [-0.3, -0.25) is 4.79 Å². The molecule has 0 aliphatic carbocycles. The molecule has 0 aromatic carbocycles. The average molecular weight is 339 g/mol. The average Bonchev–Trinajstić information content (AvgIpc) is 2.67. The van der Waals surface area contributed by atoms with E-state index in [1.165, 1.54) is 0 Å². The Bertz CT molecular complexity index is 393. The lowest BCUT2D eigenvalue weighted by atomic mass is 10.2. The van der Waals surface area contributed by atoms with Crippen LogP contribution in [0.2, 0.25) is 0 Å². The molecule has 0 radical (unpaired) electrons. The van der Waals surface area contributed by atoms with Crippen LogP contribution in [0.4, 0.5) is 0 Å². The maximum atomic E-state index is 12.0. The molecular formula is C12H21BrClN3O. The van der Waals surface area contributed by atoms with E-state index < -0.39 is 0 Å². The first-order valence-corrected chi connectivity index (χ1v) is 6.60. The van der Waals surface area contributed by atoms with Crippen LogP contribution in [0.25, 0.3) is 0 Å². The molecular weight excluding hydrogens is 318 g/mol. The summed E-state index contributed by atoms with van der Waals surface area (Å²) in [4.78, 5) is 12.0. The molecule has 0 saturated carbocycles. The first-order chi connectivity index (χ1) is 7.95. The van der Waals surface area contributed by atoms with Crippen LogP contribution >= 0.6 is 28.3 Å². The van der Waals surface area contributed by atoms with Crippen molar-refractivity contribution in [2.45, 2.75) is 26.8 Å². The van der Waals surface area contributed by atoms with Crippen LogP contribution in [0.1, 0.15) is 37.3 Å². The van der Waals surface area contributed by atoms with E-state index in [9.17, 15) is 4.79 Å². The number of nitrogens with one attached hydrogen (secondary N) is 1. The van der Waals surface area contributed by atoms with Gasteiger partial charge in [-0.2, -0.15) is 0 Å². The third-order valence-electron chi connectivity index (χ3n) is 2.62. The number of amides is 1. The zero-order valence-electron chi connectivity index (χ0n) is 10.9. The first kappa shape index (κ1) is 17.5. The van der Waals surface area contributed by atoms with E-state index >= 15 is 0 Å². The maximum absolute atomic E-state index is 12.0. The summed E-state index contributed by atoms with van der Waals surface area (Å²) in [5, 5.41) is 2.90. The number of nitrogens with two attached hydrogens (primary N) is 1. The molecule has 0 bridgehead atoms. The number of hydrogen-bond donors (Lipinski definition) is 2. The van der Waals surface area contributed by atoms with Gasteiger partial charge in [0, 0.05) is 23.3 Å². The summed E-state index contributed by atoms with van der Waals surface area (Å²) >= 11 is 3.39. The summed E-state index contributed by atoms with van der Waals surface area (Å²) in [5.41, 5.74) is 6.19. The fourth-order valence-corrected chi connectivity index (χ4v) is 1.93. The third kappa shape index (κ3) is 4.63. The minimum Gasteiger partial charge on any atom is -0.350 e. The van der Waals surface area contributed by atoms with Crippen molar-refractivity contribution in [3.05, 3.63) is 22.4 Å². The highest BCUT2D eigenvalue weighted by Crippen LogP contribution is 2.19. The van der Waals surface area contributed by atoms with Crippen molar-refractivity contribution < 1.29 is 4.79 Å². The van der Waals surface area contributed by atoms with Crippen molar-refractivity contribution in [3.8, 4) is 0 Å². The maximum Gasteiger partial charge on any atom is 0.267 e. The standard InChI is InChI=1S/C12H20BrN3O.ClH/c1-8(2)16-7-10(13)4-11(16)12(17)15-6-9(3)5-14;/h4,7-9H,5-6,14H2,1-3H3,(H,15,17);1H. The summed E-state index contributed by atoms with van der Waals surface area (Å²) in [6, 6.07) is 2.09. The van der Waals surface area contributed by atoms with Gasteiger partial charge in [0.1, 0.15) is 5.69 Å². The van der Waals surface area contributed by atoms with Gasteiger partial charge in [-0.1, -0.05) is 6.92 Å². The van der Waals surface area contributed by atoms with Crippen LogP contribution < -0.4 is 11.1 Å². The molecule has 6 heteroatoms. The Kier molecular flexibility index (Phi) is 7.59. The molecule has 104 valence electrons. The Labute approximate surface area is 123 Å². The number of carbonyl (C=O) groups is 1. The Hall–Kier alpha value is -0.520. The molecule has 1 unspecified atom stereocenters. The zero-order chi connectivity index (χ0) is 13.0. The van der Waals surface area contributed by atoms with Crippen molar-refractivity contribution in [3.63, 3.8) is 0 Å². The normalized spacial score (nSPS) is 12.1. The second kappa shape index (κ2) is 7.81. The summed E-state index contributed by atoms with van der Waals surface area (Å²) in [5.74, 6) is 0.245. The van der Waals surface area contributed by atoms with Gasteiger partial charge in [0.25, 0.3) is 5.91 Å². The van der Waals surface area contributed by atoms with E-state index in [1.54, 1.807) is 0 Å². The summed E-state index contributed by atoms with van der Waals surface area (Å²) in [7, 11) is 0. The van der Waals surface area contributed by atoms with Gasteiger partial charge in [0.2, 0.25) is 0 Å². The molecule has 0 saturated heterocycles. The number of rotatable bonds is 5. The van der Waals surface area contributed by atoms with E-state index in [-0.39, 0.29) is 24.4 Å². The Morgan fingerprint density at radius 1 is 1.50 bits per heavy atom. The predicted octanol–water partition coefficient (Wildman–Crippen LogP) is 2.58. The summed E-state index contributed by atoms with van der Waals surface area (Å²) in [6.07, 6.45) is 1.92. The second-order valence-electron chi connectivity index (χ2n) is 4.60. The molecule has 1 heterocycles. The molecule has 0 fully saturated rings. The third-order valence-corrected chi connectivity index (χ3v) is 3.05. The minimum absolute atomic E-state index is 0. The highest BCUT2D eigenvalue weighted by atomic mass is 79.9. The summed E-state index contributed by atoms with van der Waals surface area (Å²) in [6.45, 7) is 7.29. The lowest BCUT2D eigenvalue weighted by Crippen LogP contribution is -2.32.